The number of carbonyl (C=O) groups excluding carboxylic acids is 1. The van der Waals surface area contributed by atoms with Crippen LogP contribution in [-0.4, -0.2) is 24.5 Å². The Hall–Kier alpha value is -1.95. The van der Waals surface area contributed by atoms with E-state index >= 15 is 0 Å². The summed E-state index contributed by atoms with van der Waals surface area (Å²) < 4.78 is 4.70. The van der Waals surface area contributed by atoms with E-state index in [4.69, 9.17) is 4.74 Å². The van der Waals surface area contributed by atoms with Gasteiger partial charge in [-0.3, -0.25) is 14.9 Å². The van der Waals surface area contributed by atoms with E-state index in [1.54, 1.807) is 26.0 Å². The third-order valence-corrected chi connectivity index (χ3v) is 2.76. The Kier molecular flexibility index (Phi) is 5.00. The third-order valence-electron chi connectivity index (χ3n) is 2.76. The molecule has 1 rings (SSSR count). The van der Waals surface area contributed by atoms with Crippen molar-refractivity contribution < 1.29 is 14.5 Å². The van der Waals surface area contributed by atoms with Crippen molar-refractivity contribution in [1.29, 1.82) is 0 Å². The van der Waals surface area contributed by atoms with Crippen LogP contribution in [0.1, 0.15) is 19.4 Å². The Morgan fingerprint density at radius 1 is 1.47 bits per heavy atom. The number of hydrogen-bond donors (Lipinski definition) is 1. The highest BCUT2D eigenvalue weighted by Gasteiger charge is 2.27. The van der Waals surface area contributed by atoms with Crippen LogP contribution in [0, 0.1) is 15.5 Å². The summed E-state index contributed by atoms with van der Waals surface area (Å²) in [6.07, 6.45) is 0. The molecule has 0 aliphatic carbocycles. The predicted octanol–water partition coefficient (Wildman–Crippen LogP) is 1.88. The molecule has 0 aliphatic rings. The van der Waals surface area contributed by atoms with Crippen molar-refractivity contribution in [3.63, 3.8) is 0 Å². The van der Waals surface area contributed by atoms with Crippen LogP contribution in [0.3, 0.4) is 0 Å². The van der Waals surface area contributed by atoms with Crippen molar-refractivity contribution in [2.75, 3.05) is 13.7 Å². The zero-order valence-electron chi connectivity index (χ0n) is 11.3. The van der Waals surface area contributed by atoms with E-state index in [1.807, 2.05) is 0 Å². The lowest BCUT2D eigenvalue weighted by Gasteiger charge is -2.21. The molecule has 0 spiro atoms. The topological polar surface area (TPSA) is 81.5 Å². The lowest BCUT2D eigenvalue weighted by atomic mass is 9.94. The van der Waals surface area contributed by atoms with Crippen LogP contribution in [0.5, 0.6) is 0 Å². The first-order chi connectivity index (χ1) is 8.86. The van der Waals surface area contributed by atoms with Crippen molar-refractivity contribution in [2.45, 2.75) is 20.4 Å². The third kappa shape index (κ3) is 4.33. The summed E-state index contributed by atoms with van der Waals surface area (Å²) in [7, 11) is 1.35. The molecule has 19 heavy (non-hydrogen) atoms. The summed E-state index contributed by atoms with van der Waals surface area (Å²) in [5, 5.41) is 13.7. The summed E-state index contributed by atoms with van der Waals surface area (Å²) in [4.78, 5) is 21.7. The van der Waals surface area contributed by atoms with Crippen molar-refractivity contribution in [2.24, 2.45) is 5.41 Å². The monoisotopic (exact) mass is 266 g/mol. The standard InChI is InChI=1S/C13H18N2O4/c1-13(2,12(16)19-3)9-14-8-10-5-4-6-11(7-10)15(17)18/h4-7,14H,8-9H2,1-3H3. The van der Waals surface area contributed by atoms with Gasteiger partial charge in [0.2, 0.25) is 0 Å². The number of non-ortho nitro benzene ring substituents is 1. The fourth-order valence-corrected chi connectivity index (χ4v) is 1.65. The van der Waals surface area contributed by atoms with E-state index in [0.717, 1.165) is 5.56 Å². The first-order valence-electron chi connectivity index (χ1n) is 5.89. The molecule has 0 atom stereocenters. The molecular formula is C13H18N2O4. The molecule has 0 fully saturated rings. The highest BCUT2D eigenvalue weighted by Crippen LogP contribution is 2.16. The molecule has 0 aliphatic heterocycles. The van der Waals surface area contributed by atoms with Crippen LogP contribution in [0.25, 0.3) is 0 Å². The van der Waals surface area contributed by atoms with Gasteiger partial charge in [-0.2, -0.15) is 0 Å². The number of esters is 1. The minimum atomic E-state index is -0.630. The summed E-state index contributed by atoms with van der Waals surface area (Å²) in [6.45, 7) is 4.45. The molecule has 104 valence electrons. The van der Waals surface area contributed by atoms with Gasteiger partial charge in [0.25, 0.3) is 5.69 Å². The molecule has 1 aromatic rings. The number of rotatable bonds is 6. The molecule has 6 nitrogen and oxygen atoms in total. The van der Waals surface area contributed by atoms with E-state index in [0.29, 0.717) is 13.1 Å². The molecule has 0 unspecified atom stereocenters. The lowest BCUT2D eigenvalue weighted by Crippen LogP contribution is -2.36. The van der Waals surface area contributed by atoms with Gasteiger partial charge in [0.15, 0.2) is 0 Å². The predicted molar refractivity (Wildman–Crippen MR) is 70.6 cm³/mol. The zero-order chi connectivity index (χ0) is 14.5. The maximum Gasteiger partial charge on any atom is 0.312 e. The second kappa shape index (κ2) is 6.29. The second-order valence-electron chi connectivity index (χ2n) is 4.91. The minimum Gasteiger partial charge on any atom is -0.469 e. The van der Waals surface area contributed by atoms with Crippen LogP contribution >= 0.6 is 0 Å². The van der Waals surface area contributed by atoms with Crippen LogP contribution in [0.2, 0.25) is 0 Å². The van der Waals surface area contributed by atoms with Crippen LogP contribution in [0.4, 0.5) is 5.69 Å². The normalized spacial score (nSPS) is 11.1. The van der Waals surface area contributed by atoms with Crippen LogP contribution in [-0.2, 0) is 16.1 Å². The number of hydrogen-bond acceptors (Lipinski definition) is 5. The average Bonchev–Trinajstić information content (AvgIpc) is 2.37. The highest BCUT2D eigenvalue weighted by atomic mass is 16.6. The Bertz CT molecular complexity index is 471. The second-order valence-corrected chi connectivity index (χ2v) is 4.91. The van der Waals surface area contributed by atoms with Gasteiger partial charge in [-0.25, -0.2) is 0 Å². The summed E-state index contributed by atoms with van der Waals surface area (Å²) in [5.74, 6) is -0.293. The van der Waals surface area contributed by atoms with Crippen molar-refractivity contribution >= 4 is 11.7 Å². The smallest absolute Gasteiger partial charge is 0.312 e. The van der Waals surface area contributed by atoms with Gasteiger partial charge in [0, 0.05) is 25.2 Å². The van der Waals surface area contributed by atoms with E-state index in [-0.39, 0.29) is 11.7 Å². The molecule has 0 saturated carbocycles. The Labute approximate surface area is 111 Å². The molecule has 1 aromatic carbocycles. The maximum atomic E-state index is 11.5. The molecule has 0 aromatic heterocycles. The van der Waals surface area contributed by atoms with Gasteiger partial charge in [0.1, 0.15) is 0 Å². The molecule has 1 N–H and O–H groups in total. The van der Waals surface area contributed by atoms with E-state index < -0.39 is 10.3 Å². The number of benzene rings is 1. The number of carbonyl (C=O) groups is 1. The SMILES string of the molecule is COC(=O)C(C)(C)CNCc1cccc([N+](=O)[O-])c1. The molecule has 0 bridgehead atoms. The van der Waals surface area contributed by atoms with Crippen molar-refractivity contribution in [3.8, 4) is 0 Å². The Morgan fingerprint density at radius 2 is 2.16 bits per heavy atom. The molecular weight excluding hydrogens is 248 g/mol. The first-order valence-corrected chi connectivity index (χ1v) is 5.89. The zero-order valence-corrected chi connectivity index (χ0v) is 11.3. The Morgan fingerprint density at radius 3 is 2.74 bits per heavy atom. The van der Waals surface area contributed by atoms with Gasteiger partial charge in [-0.1, -0.05) is 12.1 Å². The maximum absolute atomic E-state index is 11.5. The van der Waals surface area contributed by atoms with Gasteiger partial charge < -0.3 is 10.1 Å². The number of methoxy groups -OCH3 is 1. The Balaban J connectivity index is 2.56. The number of nitro benzene ring substituents is 1. The highest BCUT2D eigenvalue weighted by molar-refractivity contribution is 5.76. The number of ether oxygens (including phenoxy) is 1. The number of nitrogens with one attached hydrogen (secondary N) is 1. The fraction of sp³-hybridized carbons (Fsp3) is 0.462. The van der Waals surface area contributed by atoms with Gasteiger partial charge in [0.05, 0.1) is 17.4 Å². The fourth-order valence-electron chi connectivity index (χ4n) is 1.65. The number of nitrogens with zero attached hydrogens (tertiary/aromatic N) is 1. The lowest BCUT2D eigenvalue weighted by molar-refractivity contribution is -0.384. The van der Waals surface area contributed by atoms with Crippen LogP contribution < -0.4 is 5.32 Å². The summed E-state index contributed by atoms with van der Waals surface area (Å²) in [6, 6.07) is 6.39. The molecule has 0 heterocycles. The van der Waals surface area contributed by atoms with E-state index in [9.17, 15) is 14.9 Å². The van der Waals surface area contributed by atoms with Gasteiger partial charge >= 0.3 is 5.97 Å². The minimum absolute atomic E-state index is 0.0616. The van der Waals surface area contributed by atoms with Crippen molar-refractivity contribution in [1.82, 2.24) is 5.32 Å². The molecule has 0 radical (unpaired) electrons. The average molecular weight is 266 g/mol. The summed E-state index contributed by atoms with van der Waals surface area (Å²) >= 11 is 0. The van der Waals surface area contributed by atoms with Crippen LogP contribution in [0.15, 0.2) is 24.3 Å². The van der Waals surface area contributed by atoms with Gasteiger partial charge in [-0.15, -0.1) is 0 Å². The van der Waals surface area contributed by atoms with Crippen molar-refractivity contribution in [3.05, 3.63) is 39.9 Å². The molecule has 6 heteroatoms. The largest absolute Gasteiger partial charge is 0.469 e. The van der Waals surface area contributed by atoms with E-state index in [1.165, 1.54) is 19.2 Å². The van der Waals surface area contributed by atoms with E-state index in [2.05, 4.69) is 5.32 Å². The first kappa shape index (κ1) is 15.1. The number of nitro groups is 1. The quantitative estimate of drug-likeness (QED) is 0.483. The van der Waals surface area contributed by atoms with Gasteiger partial charge in [-0.05, 0) is 19.4 Å². The molecule has 0 amide bonds. The molecule has 0 saturated heterocycles. The summed E-state index contributed by atoms with van der Waals surface area (Å²) in [5.41, 5.74) is 0.233.